The maximum Gasteiger partial charge on any atom is 0.335 e. The van der Waals surface area contributed by atoms with Crippen LogP contribution in [0.3, 0.4) is 0 Å². The van der Waals surface area contributed by atoms with Crippen molar-refractivity contribution in [3.8, 4) is 0 Å². The summed E-state index contributed by atoms with van der Waals surface area (Å²) in [6.45, 7) is 0. The lowest BCUT2D eigenvalue weighted by molar-refractivity contribution is -0.237. The zero-order valence-corrected chi connectivity index (χ0v) is 14.6. The van der Waals surface area contributed by atoms with E-state index in [4.69, 9.17) is 9.84 Å². The molecule has 4 rings (SSSR count). The molecule has 0 unspecified atom stereocenters. The van der Waals surface area contributed by atoms with E-state index in [0.29, 0.717) is 21.6 Å². The normalized spacial score (nSPS) is 28.0. The van der Waals surface area contributed by atoms with E-state index in [9.17, 15) is 25.3 Å². The molecule has 1 saturated heterocycles. The maximum atomic E-state index is 11.3. The number of benzene rings is 1. The number of carbonyl (C=O) groups is 1. The van der Waals surface area contributed by atoms with E-state index in [1.54, 1.807) is 31.4 Å². The molecule has 28 heavy (non-hydrogen) atoms. The van der Waals surface area contributed by atoms with Gasteiger partial charge in [-0.05, 0) is 24.3 Å². The number of anilines is 1. The third-order valence-corrected chi connectivity index (χ3v) is 4.89. The molecule has 0 amide bonds. The van der Waals surface area contributed by atoms with Crippen LogP contribution in [0.5, 0.6) is 0 Å². The molecule has 0 saturated carbocycles. The van der Waals surface area contributed by atoms with E-state index in [1.807, 2.05) is 6.07 Å². The van der Waals surface area contributed by atoms with Crippen molar-refractivity contribution < 1.29 is 35.2 Å². The number of aromatic nitrogens is 3. The van der Waals surface area contributed by atoms with Gasteiger partial charge in [-0.15, -0.1) is 0 Å². The number of ether oxygens (including phenoxy) is 1. The number of hydrogen-bond donors (Lipinski definition) is 5. The number of carboxylic acids is 1. The first-order valence-electron chi connectivity index (χ1n) is 8.42. The zero-order valence-electron chi connectivity index (χ0n) is 14.6. The summed E-state index contributed by atoms with van der Waals surface area (Å²) in [4.78, 5) is 19.9. The predicted molar refractivity (Wildman–Crippen MR) is 94.6 cm³/mol. The van der Waals surface area contributed by atoms with Crippen molar-refractivity contribution in [2.24, 2.45) is 7.05 Å². The third-order valence-electron chi connectivity index (χ3n) is 4.89. The Labute approximate surface area is 157 Å². The topological polar surface area (TPSA) is 161 Å². The second-order valence-corrected chi connectivity index (χ2v) is 6.58. The Morgan fingerprint density at radius 2 is 1.93 bits per heavy atom. The maximum absolute atomic E-state index is 11.3. The molecule has 1 fully saturated rings. The number of aliphatic hydroxyl groups excluding tert-OH is 3. The van der Waals surface area contributed by atoms with Gasteiger partial charge in [0.1, 0.15) is 23.8 Å². The predicted octanol–water partition coefficient (Wildman–Crippen LogP) is -0.791. The number of hydrogen-bond acceptors (Lipinski definition) is 9. The second-order valence-electron chi connectivity index (χ2n) is 6.58. The summed E-state index contributed by atoms with van der Waals surface area (Å²) in [5.74, 6) is -1.60. The minimum absolute atomic E-state index is 0.0527. The summed E-state index contributed by atoms with van der Waals surface area (Å²) >= 11 is 0. The fourth-order valence-corrected chi connectivity index (χ4v) is 3.38. The Morgan fingerprint density at radius 3 is 2.64 bits per heavy atom. The third kappa shape index (κ3) is 2.68. The number of rotatable bonds is 3. The summed E-state index contributed by atoms with van der Waals surface area (Å²) in [5, 5.41) is 50.9. The number of hydroxylamine groups is 1. The van der Waals surface area contributed by atoms with Crippen molar-refractivity contribution in [2.45, 2.75) is 30.6 Å². The summed E-state index contributed by atoms with van der Waals surface area (Å²) in [6.07, 6.45) is -7.34. The molecule has 2 aromatic heterocycles. The van der Waals surface area contributed by atoms with Crippen LogP contribution in [0.15, 0.2) is 30.5 Å². The molecule has 5 N–H and O–H groups in total. The van der Waals surface area contributed by atoms with Crippen molar-refractivity contribution in [1.82, 2.24) is 14.5 Å². The highest BCUT2D eigenvalue weighted by Crippen LogP contribution is 2.30. The number of aliphatic carboxylic acids is 1. The zero-order chi connectivity index (χ0) is 20.2. The van der Waals surface area contributed by atoms with E-state index in [0.717, 1.165) is 5.39 Å². The lowest BCUT2D eigenvalue weighted by Gasteiger charge is -2.41. The van der Waals surface area contributed by atoms with Crippen LogP contribution in [0.25, 0.3) is 21.9 Å². The summed E-state index contributed by atoms with van der Waals surface area (Å²) in [5.41, 5.74) is 1.88. The average Bonchev–Trinajstić information content (AvgIpc) is 3.02. The van der Waals surface area contributed by atoms with Crippen LogP contribution in [0.2, 0.25) is 0 Å². The van der Waals surface area contributed by atoms with Crippen LogP contribution >= 0.6 is 0 Å². The number of aryl methyl sites for hydroxylation is 1. The fourth-order valence-electron chi connectivity index (χ4n) is 3.38. The van der Waals surface area contributed by atoms with Crippen LogP contribution in [-0.2, 0) is 16.6 Å². The Hall–Kier alpha value is -2.83. The molecular weight excluding hydrogens is 372 g/mol. The van der Waals surface area contributed by atoms with Gasteiger partial charge in [0.25, 0.3) is 0 Å². The SMILES string of the molecule is Cn1c(N(O)[C@@H]2O[C@H](C(=O)O)[C@@H](O)[C@H](O)[C@H]2O)nc2c3cccnc3ccc21. The van der Waals surface area contributed by atoms with Gasteiger partial charge in [-0.2, -0.15) is 5.06 Å². The Morgan fingerprint density at radius 1 is 1.18 bits per heavy atom. The molecule has 5 atom stereocenters. The first-order valence-corrected chi connectivity index (χ1v) is 8.42. The van der Waals surface area contributed by atoms with Gasteiger partial charge in [0.2, 0.25) is 5.95 Å². The number of pyridine rings is 1. The van der Waals surface area contributed by atoms with Crippen LogP contribution in [0, 0.1) is 0 Å². The summed E-state index contributed by atoms with van der Waals surface area (Å²) in [7, 11) is 1.62. The van der Waals surface area contributed by atoms with Crippen molar-refractivity contribution in [3.63, 3.8) is 0 Å². The first kappa shape index (κ1) is 18.5. The molecule has 3 heterocycles. The summed E-state index contributed by atoms with van der Waals surface area (Å²) < 4.78 is 6.67. The quantitative estimate of drug-likeness (QED) is 0.358. The molecule has 1 aliphatic heterocycles. The molecule has 11 heteroatoms. The van der Waals surface area contributed by atoms with Gasteiger partial charge >= 0.3 is 5.97 Å². The fraction of sp³-hybridized carbons (Fsp3) is 0.353. The van der Waals surface area contributed by atoms with Crippen molar-refractivity contribution in [2.75, 3.05) is 5.06 Å². The number of aliphatic hydroxyl groups is 3. The van der Waals surface area contributed by atoms with Gasteiger partial charge in [-0.1, -0.05) is 0 Å². The minimum Gasteiger partial charge on any atom is -0.479 e. The van der Waals surface area contributed by atoms with Gasteiger partial charge in [-0.25, -0.2) is 9.78 Å². The van der Waals surface area contributed by atoms with Gasteiger partial charge in [-0.3, -0.25) is 10.2 Å². The molecule has 0 aliphatic carbocycles. The average molecular weight is 390 g/mol. The highest BCUT2D eigenvalue weighted by atomic mass is 16.6. The van der Waals surface area contributed by atoms with Gasteiger partial charge in [0, 0.05) is 18.6 Å². The van der Waals surface area contributed by atoms with Crippen molar-refractivity contribution in [1.29, 1.82) is 0 Å². The van der Waals surface area contributed by atoms with Gasteiger partial charge in [0.05, 0.1) is 11.0 Å². The highest BCUT2D eigenvalue weighted by molar-refractivity contribution is 6.03. The number of carboxylic acid groups (broad SMARTS) is 1. The van der Waals surface area contributed by atoms with Crippen LogP contribution in [-0.4, -0.2) is 76.8 Å². The van der Waals surface area contributed by atoms with E-state index in [1.165, 1.54) is 4.57 Å². The monoisotopic (exact) mass is 390 g/mol. The van der Waals surface area contributed by atoms with Crippen LogP contribution in [0.1, 0.15) is 0 Å². The summed E-state index contributed by atoms with van der Waals surface area (Å²) in [6, 6.07) is 7.11. The molecule has 0 bridgehead atoms. The van der Waals surface area contributed by atoms with Crippen molar-refractivity contribution >= 4 is 33.9 Å². The standard InChI is InChI=1S/C17H18N4O7/c1-20-9-5-4-8-7(3-2-6-18-8)10(9)19-17(20)21(27)15-13(24)11(22)12(23)14(28-15)16(25)26/h2-6,11-15,22-24,27H,1H3,(H,25,26)/t11-,12-,13+,14-,15+/m0/s1. The molecule has 1 aromatic carbocycles. The lowest BCUT2D eigenvalue weighted by Crippen LogP contribution is -2.64. The minimum atomic E-state index is -1.85. The number of fused-ring (bicyclic) bond motifs is 3. The molecule has 1 aliphatic rings. The smallest absolute Gasteiger partial charge is 0.335 e. The van der Waals surface area contributed by atoms with Gasteiger partial charge < -0.3 is 29.7 Å². The molecule has 11 nitrogen and oxygen atoms in total. The largest absolute Gasteiger partial charge is 0.479 e. The van der Waals surface area contributed by atoms with Crippen LogP contribution in [0.4, 0.5) is 5.95 Å². The molecular formula is C17H18N4O7. The van der Waals surface area contributed by atoms with Gasteiger partial charge in [0.15, 0.2) is 12.3 Å². The first-order chi connectivity index (χ1) is 13.3. The molecule has 0 spiro atoms. The van der Waals surface area contributed by atoms with E-state index >= 15 is 0 Å². The van der Waals surface area contributed by atoms with E-state index < -0.39 is 36.6 Å². The van der Waals surface area contributed by atoms with E-state index in [2.05, 4.69) is 9.97 Å². The number of imidazole rings is 1. The molecule has 148 valence electrons. The highest BCUT2D eigenvalue weighted by Gasteiger charge is 2.49. The van der Waals surface area contributed by atoms with Crippen molar-refractivity contribution in [3.05, 3.63) is 30.5 Å². The molecule has 3 aromatic rings. The Kier molecular flexibility index (Phi) is 4.40. The lowest BCUT2D eigenvalue weighted by atomic mass is 9.98. The van der Waals surface area contributed by atoms with Crippen LogP contribution < -0.4 is 5.06 Å². The second kappa shape index (κ2) is 6.65. The Balaban J connectivity index is 1.78. The Bertz CT molecular complexity index is 1050. The number of nitrogens with zero attached hydrogens (tertiary/aromatic N) is 4. The van der Waals surface area contributed by atoms with E-state index in [-0.39, 0.29) is 5.95 Å². The molecule has 0 radical (unpaired) electrons.